The molecule has 0 amide bonds. The van der Waals surface area contributed by atoms with Gasteiger partial charge in [0.25, 0.3) is 0 Å². The first-order valence-electron chi connectivity index (χ1n) is 5.85. The van der Waals surface area contributed by atoms with Crippen LogP contribution in [-0.2, 0) is 0 Å². The largest absolute Gasteiger partial charge is 0.223 e. The number of nitrogens with zero attached hydrogens (tertiary/aromatic N) is 2. The summed E-state index contributed by atoms with van der Waals surface area (Å²) in [5, 5.41) is 9.94. The van der Waals surface area contributed by atoms with E-state index < -0.39 is 0 Å². The van der Waals surface area contributed by atoms with Crippen LogP contribution in [0.1, 0.15) is 61.6 Å². The molecule has 90 valence electrons. The van der Waals surface area contributed by atoms with Crippen molar-refractivity contribution >= 4 is 23.2 Å². The second kappa shape index (κ2) is 4.84. The van der Waals surface area contributed by atoms with E-state index in [-0.39, 0.29) is 11.1 Å². The van der Waals surface area contributed by atoms with E-state index in [9.17, 15) is 5.26 Å². The summed E-state index contributed by atoms with van der Waals surface area (Å²) in [5.41, 5.74) is 2.56. The summed E-state index contributed by atoms with van der Waals surface area (Å²) in [4.78, 5) is 4.08. The molecular formula is C13H14Cl2N2. The molecule has 0 bridgehead atoms. The van der Waals surface area contributed by atoms with E-state index in [4.69, 9.17) is 23.2 Å². The third-order valence-electron chi connectivity index (χ3n) is 3.39. The lowest BCUT2D eigenvalue weighted by atomic mass is 9.75. The highest BCUT2D eigenvalue weighted by atomic mass is 35.5. The fourth-order valence-corrected chi connectivity index (χ4v) is 3.01. The molecule has 1 saturated carbocycles. The van der Waals surface area contributed by atoms with Crippen LogP contribution in [0.5, 0.6) is 0 Å². The predicted molar refractivity (Wildman–Crippen MR) is 69.7 cm³/mol. The lowest BCUT2D eigenvalue weighted by Crippen LogP contribution is -2.15. The molecule has 1 aromatic heterocycles. The molecule has 0 radical (unpaired) electrons. The van der Waals surface area contributed by atoms with Crippen molar-refractivity contribution in [3.8, 4) is 6.07 Å². The van der Waals surface area contributed by atoms with Gasteiger partial charge >= 0.3 is 0 Å². The van der Waals surface area contributed by atoms with Gasteiger partial charge in [-0.15, -0.1) is 0 Å². The van der Waals surface area contributed by atoms with E-state index in [1.807, 2.05) is 0 Å². The maximum absolute atomic E-state index is 9.25. The van der Waals surface area contributed by atoms with Gasteiger partial charge in [-0.2, -0.15) is 5.26 Å². The minimum Gasteiger partial charge on any atom is -0.223 e. The van der Waals surface area contributed by atoms with E-state index in [0.29, 0.717) is 16.6 Å². The van der Waals surface area contributed by atoms with Crippen LogP contribution in [0.2, 0.25) is 10.3 Å². The first-order chi connectivity index (χ1) is 8.06. The Morgan fingerprint density at radius 2 is 1.94 bits per heavy atom. The molecule has 1 aliphatic rings. The van der Waals surface area contributed by atoms with Crippen molar-refractivity contribution in [1.29, 1.82) is 5.26 Å². The van der Waals surface area contributed by atoms with Gasteiger partial charge in [0, 0.05) is 0 Å². The number of hydrogen-bond acceptors (Lipinski definition) is 2. The number of pyridine rings is 1. The van der Waals surface area contributed by atoms with Crippen LogP contribution in [0.4, 0.5) is 0 Å². The van der Waals surface area contributed by atoms with E-state index in [1.165, 1.54) is 6.42 Å². The quantitative estimate of drug-likeness (QED) is 0.732. The molecule has 4 heteroatoms. The van der Waals surface area contributed by atoms with Gasteiger partial charge in [-0.3, -0.25) is 0 Å². The molecule has 1 heterocycles. The predicted octanol–water partition coefficient (Wildman–Crippen LogP) is 4.65. The van der Waals surface area contributed by atoms with Crippen molar-refractivity contribution in [2.45, 2.75) is 44.9 Å². The Balaban J connectivity index is 2.68. The molecule has 0 spiro atoms. The summed E-state index contributed by atoms with van der Waals surface area (Å²) in [7, 11) is 0. The average molecular weight is 269 g/mol. The number of rotatable bonds is 2. The maximum Gasteiger partial charge on any atom is 0.148 e. The van der Waals surface area contributed by atoms with E-state index in [1.54, 1.807) is 0 Å². The molecule has 0 saturated heterocycles. The minimum absolute atomic E-state index is 0.240. The lowest BCUT2D eigenvalue weighted by molar-refractivity contribution is 0.415. The Hall–Kier alpha value is -0.780. The van der Waals surface area contributed by atoms with Gasteiger partial charge in [0.2, 0.25) is 0 Å². The molecule has 0 atom stereocenters. The maximum atomic E-state index is 9.25. The van der Waals surface area contributed by atoms with Gasteiger partial charge in [-0.25, -0.2) is 4.98 Å². The Labute approximate surface area is 112 Å². The van der Waals surface area contributed by atoms with E-state index >= 15 is 0 Å². The van der Waals surface area contributed by atoms with Crippen molar-refractivity contribution < 1.29 is 0 Å². The second-order valence-corrected chi connectivity index (χ2v) is 5.51. The molecule has 1 fully saturated rings. The van der Waals surface area contributed by atoms with Gasteiger partial charge in [0.1, 0.15) is 16.4 Å². The highest BCUT2D eigenvalue weighted by molar-refractivity contribution is 6.33. The second-order valence-electron chi connectivity index (χ2n) is 4.79. The smallest absolute Gasteiger partial charge is 0.148 e. The molecule has 0 N–H and O–H groups in total. The van der Waals surface area contributed by atoms with Crippen LogP contribution in [0.25, 0.3) is 0 Å². The van der Waals surface area contributed by atoms with Gasteiger partial charge in [0.15, 0.2) is 0 Å². The van der Waals surface area contributed by atoms with E-state index in [0.717, 1.165) is 24.0 Å². The molecule has 2 rings (SSSR count). The SMILES string of the molecule is CC(C)c1c(Cl)nc(Cl)c(C#N)c1C1CCC1. The fraction of sp³-hybridized carbons (Fsp3) is 0.538. The summed E-state index contributed by atoms with van der Waals surface area (Å²) >= 11 is 12.2. The summed E-state index contributed by atoms with van der Waals surface area (Å²) < 4.78 is 0. The molecule has 0 unspecified atom stereocenters. The zero-order valence-electron chi connectivity index (χ0n) is 9.93. The zero-order chi connectivity index (χ0) is 12.6. The van der Waals surface area contributed by atoms with Gasteiger partial charge < -0.3 is 0 Å². The monoisotopic (exact) mass is 268 g/mol. The minimum atomic E-state index is 0.240. The Bertz CT molecular complexity index is 485. The molecule has 1 aliphatic carbocycles. The molecule has 0 aliphatic heterocycles. The van der Waals surface area contributed by atoms with Crippen molar-refractivity contribution in [1.82, 2.24) is 4.98 Å². The molecular weight excluding hydrogens is 255 g/mol. The van der Waals surface area contributed by atoms with Crippen LogP contribution in [0, 0.1) is 11.3 Å². The summed E-state index contributed by atoms with van der Waals surface area (Å²) in [6, 6.07) is 2.18. The van der Waals surface area contributed by atoms with Crippen molar-refractivity contribution in [3.63, 3.8) is 0 Å². The molecule has 1 aromatic rings. The zero-order valence-corrected chi connectivity index (χ0v) is 11.4. The third kappa shape index (κ3) is 2.14. The topological polar surface area (TPSA) is 36.7 Å². The van der Waals surface area contributed by atoms with Crippen LogP contribution >= 0.6 is 23.2 Å². The third-order valence-corrected chi connectivity index (χ3v) is 3.95. The van der Waals surface area contributed by atoms with Crippen LogP contribution < -0.4 is 0 Å². The number of nitriles is 1. The highest BCUT2D eigenvalue weighted by Crippen LogP contribution is 2.44. The first-order valence-corrected chi connectivity index (χ1v) is 6.60. The van der Waals surface area contributed by atoms with Gasteiger partial charge in [-0.05, 0) is 35.8 Å². The molecule has 0 aromatic carbocycles. The van der Waals surface area contributed by atoms with Gasteiger partial charge in [0.05, 0.1) is 5.56 Å². The van der Waals surface area contributed by atoms with Crippen molar-refractivity contribution in [2.75, 3.05) is 0 Å². The van der Waals surface area contributed by atoms with Crippen molar-refractivity contribution in [2.24, 2.45) is 0 Å². The number of hydrogen-bond donors (Lipinski definition) is 0. The Kier molecular flexibility index (Phi) is 3.61. The summed E-state index contributed by atoms with van der Waals surface area (Å²) in [6.45, 7) is 4.14. The summed E-state index contributed by atoms with van der Waals surface area (Å²) in [6.07, 6.45) is 3.45. The van der Waals surface area contributed by atoms with E-state index in [2.05, 4.69) is 24.9 Å². The normalized spacial score (nSPS) is 15.8. The lowest BCUT2D eigenvalue weighted by Gasteiger charge is -2.30. The van der Waals surface area contributed by atoms with Gasteiger partial charge in [-0.1, -0.05) is 43.5 Å². The summed E-state index contributed by atoms with van der Waals surface area (Å²) in [5.74, 6) is 0.690. The molecule has 17 heavy (non-hydrogen) atoms. The first kappa shape index (κ1) is 12.7. The van der Waals surface area contributed by atoms with Crippen molar-refractivity contribution in [3.05, 3.63) is 27.0 Å². The average Bonchev–Trinajstić information content (AvgIpc) is 2.13. The number of aromatic nitrogens is 1. The Morgan fingerprint density at radius 3 is 2.35 bits per heavy atom. The van der Waals surface area contributed by atoms with Crippen LogP contribution in [-0.4, -0.2) is 4.98 Å². The van der Waals surface area contributed by atoms with Crippen LogP contribution in [0.15, 0.2) is 0 Å². The molecule has 2 nitrogen and oxygen atoms in total. The highest BCUT2D eigenvalue weighted by Gasteiger charge is 2.29. The fourth-order valence-electron chi connectivity index (χ4n) is 2.34. The van der Waals surface area contributed by atoms with Crippen LogP contribution in [0.3, 0.4) is 0 Å². The standard InChI is InChI=1S/C13H14Cl2N2/c1-7(2)10-11(8-4-3-5-8)9(6-16)12(14)17-13(10)15/h7-8H,3-5H2,1-2H3. The number of halogens is 2. The Morgan fingerprint density at radius 1 is 1.29 bits per heavy atom.